The minimum Gasteiger partial charge on any atom is -0.495 e. The number of hydrogen-bond donors (Lipinski definition) is 1. The van der Waals surface area contributed by atoms with Crippen molar-refractivity contribution in [3.8, 4) is 17.1 Å². The van der Waals surface area contributed by atoms with Crippen LogP contribution in [0.1, 0.15) is 26.7 Å². The molecule has 1 N–H and O–H groups in total. The molecule has 0 bridgehead atoms. The van der Waals surface area contributed by atoms with E-state index in [-0.39, 0.29) is 10.6 Å². The van der Waals surface area contributed by atoms with Crippen LogP contribution in [0.25, 0.3) is 11.4 Å². The Bertz CT molecular complexity index is 758. The first-order valence-electron chi connectivity index (χ1n) is 7.47. The van der Waals surface area contributed by atoms with Gasteiger partial charge in [0.05, 0.1) is 7.11 Å². The zero-order valence-corrected chi connectivity index (χ0v) is 14.3. The van der Waals surface area contributed by atoms with E-state index < -0.39 is 10.0 Å². The van der Waals surface area contributed by atoms with E-state index in [1.807, 2.05) is 13.8 Å². The van der Waals surface area contributed by atoms with Crippen LogP contribution in [0.4, 0.5) is 0 Å². The van der Waals surface area contributed by atoms with E-state index in [0.29, 0.717) is 24.5 Å². The molecule has 0 aliphatic rings. The average molecular weight is 339 g/mol. The topological polar surface area (TPSA) is 99.0 Å². The van der Waals surface area contributed by atoms with Crippen molar-refractivity contribution in [1.82, 2.24) is 24.9 Å². The van der Waals surface area contributed by atoms with Crippen LogP contribution in [0, 0.1) is 0 Å². The number of nitrogens with zero attached hydrogens (tertiary/aromatic N) is 4. The fourth-order valence-corrected chi connectivity index (χ4v) is 3.38. The lowest BCUT2D eigenvalue weighted by Crippen LogP contribution is -2.25. The van der Waals surface area contributed by atoms with Crippen LogP contribution in [0.5, 0.6) is 5.75 Å². The second kappa shape index (κ2) is 7.51. The lowest BCUT2D eigenvalue weighted by Gasteiger charge is -2.12. The molecule has 9 heteroatoms. The van der Waals surface area contributed by atoms with Crippen molar-refractivity contribution in [3.63, 3.8) is 0 Å². The van der Waals surface area contributed by atoms with Gasteiger partial charge in [0, 0.05) is 18.7 Å². The first kappa shape index (κ1) is 17.4. The lowest BCUT2D eigenvalue weighted by molar-refractivity contribution is 0.402. The molecule has 2 aromatic rings. The number of methoxy groups -OCH3 is 1. The van der Waals surface area contributed by atoms with Crippen LogP contribution in [-0.2, 0) is 16.6 Å². The largest absolute Gasteiger partial charge is 0.495 e. The summed E-state index contributed by atoms with van der Waals surface area (Å²) < 4.78 is 34.4. The first-order chi connectivity index (χ1) is 11.0. The molecule has 1 aromatic heterocycles. The molecule has 0 amide bonds. The molecule has 126 valence electrons. The summed E-state index contributed by atoms with van der Waals surface area (Å²) in [4.78, 5) is 0.0826. The molecular weight excluding hydrogens is 318 g/mol. The standard InChI is InChI=1S/C14H21N5O3S/c1-4-6-9-15-23(20,21)13-10-11(7-8-12(13)22-3)14-16-17-18-19(14)5-2/h7-8,10,15H,4-6,9H2,1-3H3. The Morgan fingerprint density at radius 1 is 1.30 bits per heavy atom. The quantitative estimate of drug-likeness (QED) is 0.731. The van der Waals surface area contributed by atoms with Crippen molar-refractivity contribution in [2.45, 2.75) is 38.1 Å². The molecule has 0 atom stereocenters. The van der Waals surface area contributed by atoms with Gasteiger partial charge in [-0.3, -0.25) is 0 Å². The van der Waals surface area contributed by atoms with Gasteiger partial charge in [-0.2, -0.15) is 0 Å². The Kier molecular flexibility index (Phi) is 5.67. The smallest absolute Gasteiger partial charge is 0.244 e. The van der Waals surface area contributed by atoms with Gasteiger partial charge in [0.25, 0.3) is 0 Å². The van der Waals surface area contributed by atoms with Gasteiger partial charge in [-0.15, -0.1) is 5.10 Å². The molecule has 0 saturated heterocycles. The maximum atomic E-state index is 12.5. The predicted molar refractivity (Wildman–Crippen MR) is 85.6 cm³/mol. The normalized spacial score (nSPS) is 11.6. The highest BCUT2D eigenvalue weighted by molar-refractivity contribution is 7.89. The fraction of sp³-hybridized carbons (Fsp3) is 0.500. The summed E-state index contributed by atoms with van der Waals surface area (Å²) in [6.45, 7) is 4.89. The fourth-order valence-electron chi connectivity index (χ4n) is 2.11. The van der Waals surface area contributed by atoms with E-state index in [1.165, 1.54) is 13.2 Å². The van der Waals surface area contributed by atoms with Gasteiger partial charge >= 0.3 is 0 Å². The van der Waals surface area contributed by atoms with Crippen LogP contribution in [-0.4, -0.2) is 42.3 Å². The van der Waals surface area contributed by atoms with Crippen molar-refractivity contribution in [2.24, 2.45) is 0 Å². The van der Waals surface area contributed by atoms with E-state index >= 15 is 0 Å². The molecule has 0 spiro atoms. The summed E-state index contributed by atoms with van der Waals surface area (Å²) in [5.74, 6) is 0.799. The first-order valence-corrected chi connectivity index (χ1v) is 8.96. The van der Waals surface area contributed by atoms with Crippen molar-refractivity contribution in [2.75, 3.05) is 13.7 Å². The SMILES string of the molecule is CCCCNS(=O)(=O)c1cc(-c2nnnn2CC)ccc1OC. The molecule has 2 rings (SSSR count). The van der Waals surface area contributed by atoms with Crippen LogP contribution >= 0.6 is 0 Å². The summed E-state index contributed by atoms with van der Waals surface area (Å²) in [7, 11) is -2.22. The van der Waals surface area contributed by atoms with Crippen LogP contribution in [0.3, 0.4) is 0 Å². The third-order valence-corrected chi connectivity index (χ3v) is 4.85. The minimum atomic E-state index is -3.66. The van der Waals surface area contributed by atoms with Gasteiger partial charge in [-0.25, -0.2) is 17.8 Å². The summed E-state index contributed by atoms with van der Waals surface area (Å²) in [5, 5.41) is 11.5. The Morgan fingerprint density at radius 3 is 2.74 bits per heavy atom. The van der Waals surface area contributed by atoms with E-state index in [9.17, 15) is 8.42 Å². The summed E-state index contributed by atoms with van der Waals surface area (Å²) in [5.41, 5.74) is 0.619. The van der Waals surface area contributed by atoms with Crippen molar-refractivity contribution in [1.29, 1.82) is 0 Å². The third-order valence-electron chi connectivity index (χ3n) is 3.37. The van der Waals surface area contributed by atoms with Crippen LogP contribution in [0.2, 0.25) is 0 Å². The van der Waals surface area contributed by atoms with Gasteiger partial charge in [-0.1, -0.05) is 13.3 Å². The number of sulfonamides is 1. The number of tetrazole rings is 1. The molecule has 0 radical (unpaired) electrons. The maximum Gasteiger partial charge on any atom is 0.244 e. The highest BCUT2D eigenvalue weighted by Crippen LogP contribution is 2.28. The van der Waals surface area contributed by atoms with E-state index in [4.69, 9.17) is 4.74 Å². The van der Waals surface area contributed by atoms with Gasteiger partial charge in [0.2, 0.25) is 10.0 Å². The highest BCUT2D eigenvalue weighted by atomic mass is 32.2. The second-order valence-electron chi connectivity index (χ2n) is 4.94. The number of nitrogens with one attached hydrogen (secondary N) is 1. The average Bonchev–Trinajstić information content (AvgIpc) is 3.03. The van der Waals surface area contributed by atoms with E-state index in [0.717, 1.165) is 12.8 Å². The number of ether oxygens (including phenoxy) is 1. The van der Waals surface area contributed by atoms with E-state index in [1.54, 1.807) is 16.8 Å². The maximum absolute atomic E-state index is 12.5. The minimum absolute atomic E-state index is 0.0826. The number of benzene rings is 1. The number of unbranched alkanes of at least 4 members (excludes halogenated alkanes) is 1. The number of hydrogen-bond acceptors (Lipinski definition) is 6. The molecule has 0 unspecified atom stereocenters. The summed E-state index contributed by atoms with van der Waals surface area (Å²) >= 11 is 0. The molecule has 0 aliphatic carbocycles. The Hall–Kier alpha value is -2.00. The van der Waals surface area contributed by atoms with Gasteiger partial charge in [0.1, 0.15) is 10.6 Å². The monoisotopic (exact) mass is 339 g/mol. The summed E-state index contributed by atoms with van der Waals surface area (Å²) in [6, 6.07) is 4.88. The molecule has 1 heterocycles. The van der Waals surface area contributed by atoms with Gasteiger partial charge in [-0.05, 0) is 42.0 Å². The number of rotatable bonds is 8. The van der Waals surface area contributed by atoms with Crippen molar-refractivity contribution >= 4 is 10.0 Å². The van der Waals surface area contributed by atoms with Gasteiger partial charge in [0.15, 0.2) is 5.82 Å². The Labute approximate surface area is 135 Å². The predicted octanol–water partition coefficient (Wildman–Crippen LogP) is 1.45. The number of aromatic nitrogens is 4. The molecule has 0 saturated carbocycles. The third kappa shape index (κ3) is 3.85. The molecule has 1 aromatic carbocycles. The highest BCUT2D eigenvalue weighted by Gasteiger charge is 2.21. The second-order valence-corrected chi connectivity index (χ2v) is 6.67. The number of aryl methyl sites for hydroxylation is 1. The molecule has 23 heavy (non-hydrogen) atoms. The molecular formula is C14H21N5O3S. The molecule has 0 fully saturated rings. The Morgan fingerprint density at radius 2 is 2.09 bits per heavy atom. The van der Waals surface area contributed by atoms with E-state index in [2.05, 4.69) is 20.2 Å². The zero-order valence-electron chi connectivity index (χ0n) is 13.5. The summed E-state index contributed by atoms with van der Waals surface area (Å²) in [6.07, 6.45) is 1.68. The Balaban J connectivity index is 2.44. The van der Waals surface area contributed by atoms with Gasteiger partial charge < -0.3 is 4.74 Å². The van der Waals surface area contributed by atoms with Crippen LogP contribution < -0.4 is 9.46 Å². The van der Waals surface area contributed by atoms with Crippen LogP contribution in [0.15, 0.2) is 23.1 Å². The lowest BCUT2D eigenvalue weighted by atomic mass is 10.2. The zero-order chi connectivity index (χ0) is 16.9. The van der Waals surface area contributed by atoms with Crippen molar-refractivity contribution < 1.29 is 13.2 Å². The molecule has 8 nitrogen and oxygen atoms in total. The van der Waals surface area contributed by atoms with Crippen molar-refractivity contribution in [3.05, 3.63) is 18.2 Å². The molecule has 0 aliphatic heterocycles.